The highest BCUT2D eigenvalue weighted by Crippen LogP contribution is 2.41. The summed E-state index contributed by atoms with van der Waals surface area (Å²) in [5.74, 6) is -1.81. The Hall–Kier alpha value is -5.56. The van der Waals surface area contributed by atoms with Crippen molar-refractivity contribution < 1.29 is 42.6 Å². The highest BCUT2D eigenvalue weighted by molar-refractivity contribution is 8.00. The first kappa shape index (κ1) is 31.4. The normalized spacial score (nSPS) is 17.0. The average Bonchev–Trinajstić information content (AvgIpc) is 3.60. The zero-order chi connectivity index (χ0) is 32.8. The number of ether oxygens (including phenoxy) is 4. The number of esters is 2. The summed E-state index contributed by atoms with van der Waals surface area (Å²) in [6.07, 6.45) is -0.771. The fraction of sp³-hybridized carbons (Fsp3) is 0.206. The molecule has 1 aromatic heterocycles. The SMILES string of the molecule is COC(=O)c1cc(OCC2=C(C(=O)OC(c3ccccc3)c3ccccc3)N3C(=O)C(NC(=O)COc4ccccc4)[C@H]3SC2)no1. The van der Waals surface area contributed by atoms with Crippen molar-refractivity contribution in [3.63, 3.8) is 0 Å². The van der Waals surface area contributed by atoms with E-state index in [-0.39, 0.29) is 36.3 Å². The molecule has 1 N–H and O–H groups in total. The molecule has 47 heavy (non-hydrogen) atoms. The highest BCUT2D eigenvalue weighted by atomic mass is 32.2. The second-order valence-corrected chi connectivity index (χ2v) is 11.5. The third-order valence-corrected chi connectivity index (χ3v) is 8.71. The molecule has 12 nitrogen and oxygen atoms in total. The van der Waals surface area contributed by atoms with Gasteiger partial charge < -0.3 is 28.8 Å². The quantitative estimate of drug-likeness (QED) is 0.175. The van der Waals surface area contributed by atoms with Crippen LogP contribution in [0.1, 0.15) is 27.8 Å². The van der Waals surface area contributed by atoms with E-state index in [4.69, 9.17) is 18.7 Å². The maximum absolute atomic E-state index is 14.1. The first-order chi connectivity index (χ1) is 22.9. The van der Waals surface area contributed by atoms with Crippen molar-refractivity contribution in [1.29, 1.82) is 0 Å². The van der Waals surface area contributed by atoms with Crippen LogP contribution in [-0.2, 0) is 23.9 Å². The summed E-state index contributed by atoms with van der Waals surface area (Å²) in [6, 6.07) is 27.8. The van der Waals surface area contributed by atoms with Gasteiger partial charge in [-0.15, -0.1) is 11.8 Å². The lowest BCUT2D eigenvalue weighted by atomic mass is 10.0. The number of hydrogen-bond donors (Lipinski definition) is 1. The molecule has 6 rings (SSSR count). The molecular weight excluding hydrogens is 626 g/mol. The van der Waals surface area contributed by atoms with E-state index in [2.05, 4.69) is 15.2 Å². The van der Waals surface area contributed by atoms with Gasteiger partial charge in [-0.1, -0.05) is 78.9 Å². The summed E-state index contributed by atoms with van der Waals surface area (Å²) in [5, 5.41) is 5.89. The lowest BCUT2D eigenvalue weighted by Crippen LogP contribution is -2.71. The Kier molecular flexibility index (Phi) is 9.53. The predicted octanol–water partition coefficient (Wildman–Crippen LogP) is 3.91. The molecule has 13 heteroatoms. The van der Waals surface area contributed by atoms with Crippen LogP contribution in [0.15, 0.2) is 113 Å². The van der Waals surface area contributed by atoms with Crippen LogP contribution >= 0.6 is 11.8 Å². The Labute approximate surface area is 273 Å². The molecular formula is C34H29N3O9S. The molecule has 2 atom stereocenters. The number of nitrogens with zero attached hydrogens (tertiary/aromatic N) is 2. The zero-order valence-corrected chi connectivity index (χ0v) is 25.9. The third-order valence-electron chi connectivity index (χ3n) is 7.37. The maximum Gasteiger partial charge on any atom is 0.377 e. The van der Waals surface area contributed by atoms with Crippen LogP contribution in [-0.4, -0.2) is 71.3 Å². The number of rotatable bonds is 12. The molecule has 0 radical (unpaired) electrons. The second kappa shape index (κ2) is 14.3. The third kappa shape index (κ3) is 6.99. The number of methoxy groups -OCH3 is 1. The minimum atomic E-state index is -0.880. The molecule has 0 bridgehead atoms. The van der Waals surface area contributed by atoms with Crippen LogP contribution in [0, 0.1) is 0 Å². The van der Waals surface area contributed by atoms with Gasteiger partial charge in [0.05, 0.1) is 13.2 Å². The number of nitrogens with one attached hydrogen (secondary N) is 1. The van der Waals surface area contributed by atoms with Crippen LogP contribution in [0.25, 0.3) is 0 Å². The molecule has 240 valence electrons. The van der Waals surface area contributed by atoms with Crippen molar-refractivity contribution in [3.05, 3.63) is 125 Å². The van der Waals surface area contributed by atoms with Crippen molar-refractivity contribution in [2.24, 2.45) is 0 Å². The second-order valence-electron chi connectivity index (χ2n) is 10.4. The Morgan fingerprint density at radius 1 is 0.936 bits per heavy atom. The summed E-state index contributed by atoms with van der Waals surface area (Å²) >= 11 is 1.36. The number of β-lactam (4-membered cyclic amide) rings is 1. The number of fused-ring (bicyclic) bond motifs is 1. The van der Waals surface area contributed by atoms with Gasteiger partial charge in [0.15, 0.2) is 12.7 Å². The maximum atomic E-state index is 14.1. The van der Waals surface area contributed by atoms with Gasteiger partial charge in [-0.2, -0.15) is 0 Å². The first-order valence-corrected chi connectivity index (χ1v) is 15.6. The number of carbonyl (C=O) groups is 4. The van der Waals surface area contributed by atoms with Gasteiger partial charge >= 0.3 is 11.9 Å². The van der Waals surface area contributed by atoms with Gasteiger partial charge in [-0.25, -0.2) is 9.59 Å². The van der Waals surface area contributed by atoms with Gasteiger partial charge in [0, 0.05) is 11.3 Å². The van der Waals surface area contributed by atoms with Crippen molar-refractivity contribution >= 4 is 35.5 Å². The molecule has 1 saturated heterocycles. The minimum Gasteiger partial charge on any atom is -0.484 e. The van der Waals surface area contributed by atoms with Crippen molar-refractivity contribution in [1.82, 2.24) is 15.4 Å². The molecule has 1 fully saturated rings. The average molecular weight is 656 g/mol. The summed E-state index contributed by atoms with van der Waals surface area (Å²) < 4.78 is 27.0. The Bertz CT molecular complexity index is 1740. The number of amides is 2. The molecule has 2 amide bonds. The summed E-state index contributed by atoms with van der Waals surface area (Å²) in [6.45, 7) is -0.444. The largest absolute Gasteiger partial charge is 0.484 e. The number of hydrogen-bond acceptors (Lipinski definition) is 11. The van der Waals surface area contributed by atoms with Crippen LogP contribution in [0.3, 0.4) is 0 Å². The van der Waals surface area contributed by atoms with Gasteiger partial charge in [-0.05, 0) is 28.4 Å². The van der Waals surface area contributed by atoms with E-state index in [1.807, 2.05) is 66.7 Å². The van der Waals surface area contributed by atoms with Crippen LogP contribution in [0.5, 0.6) is 11.6 Å². The van der Waals surface area contributed by atoms with Gasteiger partial charge in [0.2, 0.25) is 5.76 Å². The predicted molar refractivity (Wildman–Crippen MR) is 168 cm³/mol. The summed E-state index contributed by atoms with van der Waals surface area (Å²) in [7, 11) is 1.21. The fourth-order valence-corrected chi connectivity index (χ4v) is 6.42. The first-order valence-electron chi connectivity index (χ1n) is 14.6. The summed E-state index contributed by atoms with van der Waals surface area (Å²) in [4.78, 5) is 53.5. The number of aromatic nitrogens is 1. The van der Waals surface area contributed by atoms with Gasteiger partial charge in [-0.3, -0.25) is 14.5 Å². The van der Waals surface area contributed by atoms with Crippen LogP contribution in [0.2, 0.25) is 0 Å². The smallest absolute Gasteiger partial charge is 0.377 e. The molecule has 0 saturated carbocycles. The number of benzene rings is 3. The van der Waals surface area contributed by atoms with Crippen LogP contribution < -0.4 is 14.8 Å². The Balaban J connectivity index is 1.24. The fourth-order valence-electron chi connectivity index (χ4n) is 5.10. The van der Waals surface area contributed by atoms with Crippen LogP contribution in [0.4, 0.5) is 0 Å². The molecule has 2 aliphatic rings. The lowest BCUT2D eigenvalue weighted by molar-refractivity contribution is -0.155. The van der Waals surface area contributed by atoms with E-state index in [1.165, 1.54) is 29.8 Å². The molecule has 2 aliphatic heterocycles. The molecule has 0 aliphatic carbocycles. The van der Waals surface area contributed by atoms with Gasteiger partial charge in [0.25, 0.3) is 17.7 Å². The Morgan fingerprint density at radius 3 is 2.21 bits per heavy atom. The van der Waals surface area contributed by atoms with E-state index in [1.54, 1.807) is 24.3 Å². The van der Waals surface area contributed by atoms with Gasteiger partial charge in [0.1, 0.15) is 29.5 Å². The molecule has 3 aromatic carbocycles. The number of carbonyl (C=O) groups excluding carboxylic acids is 4. The van der Waals surface area contributed by atoms with E-state index >= 15 is 0 Å². The topological polar surface area (TPSA) is 146 Å². The van der Waals surface area contributed by atoms with E-state index in [0.717, 1.165) is 11.1 Å². The monoisotopic (exact) mass is 655 g/mol. The highest BCUT2D eigenvalue weighted by Gasteiger charge is 2.54. The van der Waals surface area contributed by atoms with Crippen molar-refractivity contribution in [2.75, 3.05) is 26.1 Å². The minimum absolute atomic E-state index is 0.0114. The van der Waals surface area contributed by atoms with Crippen molar-refractivity contribution in [3.8, 4) is 11.6 Å². The standard InChI is InChI=1S/C34H29N3O9S/c1-42-33(40)25-17-27(36-46-25)44-18-23-20-47-32-28(35-26(38)19-43-24-15-9-4-10-16-24)31(39)37(32)29(23)34(41)45-30(21-11-5-2-6-12-21)22-13-7-3-8-14-22/h2-17,28,30,32H,18-20H2,1H3,(H,35,38)/t28?,32-/m1/s1. The summed E-state index contributed by atoms with van der Waals surface area (Å²) in [5.41, 5.74) is 1.94. The number of para-hydroxylation sites is 1. The van der Waals surface area contributed by atoms with E-state index in [9.17, 15) is 19.2 Å². The molecule has 4 aromatic rings. The van der Waals surface area contributed by atoms with E-state index < -0.39 is 41.3 Å². The van der Waals surface area contributed by atoms with Crippen molar-refractivity contribution in [2.45, 2.75) is 17.5 Å². The molecule has 1 unspecified atom stereocenters. The zero-order valence-electron chi connectivity index (χ0n) is 25.1. The van der Waals surface area contributed by atoms with E-state index in [0.29, 0.717) is 11.3 Å². The Morgan fingerprint density at radius 2 is 1.57 bits per heavy atom. The molecule has 0 spiro atoms. The number of thioether (sulfide) groups is 1. The lowest BCUT2D eigenvalue weighted by Gasteiger charge is -2.49. The molecule has 3 heterocycles.